The molecule has 0 spiro atoms. The Morgan fingerprint density at radius 1 is 1.35 bits per heavy atom. The van der Waals surface area contributed by atoms with Gasteiger partial charge in [-0.3, -0.25) is 9.67 Å². The lowest BCUT2D eigenvalue weighted by atomic mass is 10.2. The van der Waals surface area contributed by atoms with E-state index < -0.39 is 9.05 Å². The van der Waals surface area contributed by atoms with Gasteiger partial charge >= 0.3 is 0 Å². The molecule has 2 heterocycles. The molecule has 0 unspecified atom stereocenters. The lowest BCUT2D eigenvalue weighted by molar-refractivity contribution is 0.608. The molecule has 2 aromatic rings. The highest BCUT2D eigenvalue weighted by atomic mass is 35.7. The van der Waals surface area contributed by atoms with E-state index in [0.29, 0.717) is 11.4 Å². The minimum absolute atomic E-state index is 0.0341. The first kappa shape index (κ1) is 12.1. The standard InChI is InChI=1S/C10H10ClN3O2S/c1-7-10(17(11,15)16)4-3-9(13-7)8-5-12-14(2)6-8/h3-6H,1-2H3. The summed E-state index contributed by atoms with van der Waals surface area (Å²) in [5.74, 6) is 0. The molecule has 0 saturated heterocycles. The molecular weight excluding hydrogens is 262 g/mol. The van der Waals surface area contributed by atoms with E-state index in [1.165, 1.54) is 6.07 Å². The van der Waals surface area contributed by atoms with E-state index in [-0.39, 0.29) is 4.90 Å². The molecule has 90 valence electrons. The van der Waals surface area contributed by atoms with Gasteiger partial charge in [0, 0.05) is 29.5 Å². The van der Waals surface area contributed by atoms with Crippen LogP contribution < -0.4 is 0 Å². The summed E-state index contributed by atoms with van der Waals surface area (Å²) in [6.07, 6.45) is 3.47. The van der Waals surface area contributed by atoms with Gasteiger partial charge in [-0.15, -0.1) is 0 Å². The molecule has 0 amide bonds. The average Bonchev–Trinajstić information content (AvgIpc) is 2.62. The summed E-state index contributed by atoms with van der Waals surface area (Å²) in [5, 5.41) is 4.03. The Balaban J connectivity index is 2.52. The SMILES string of the molecule is Cc1nc(-c2cnn(C)c2)ccc1S(=O)(=O)Cl. The Labute approximate surface area is 103 Å². The zero-order valence-electron chi connectivity index (χ0n) is 9.25. The molecule has 0 fully saturated rings. The van der Waals surface area contributed by atoms with Gasteiger partial charge in [0.2, 0.25) is 0 Å². The van der Waals surface area contributed by atoms with Crippen LogP contribution in [0.2, 0.25) is 0 Å². The van der Waals surface area contributed by atoms with Gasteiger partial charge in [0.05, 0.1) is 17.6 Å². The predicted octanol–water partition coefficient (Wildman–Crippen LogP) is 1.72. The number of nitrogens with zero attached hydrogens (tertiary/aromatic N) is 3. The van der Waals surface area contributed by atoms with Crippen molar-refractivity contribution in [3.63, 3.8) is 0 Å². The number of hydrogen-bond acceptors (Lipinski definition) is 4. The minimum Gasteiger partial charge on any atom is -0.275 e. The van der Waals surface area contributed by atoms with Gasteiger partial charge in [-0.25, -0.2) is 8.42 Å². The monoisotopic (exact) mass is 271 g/mol. The number of rotatable bonds is 2. The fourth-order valence-electron chi connectivity index (χ4n) is 1.52. The number of pyridine rings is 1. The Kier molecular flexibility index (Phi) is 2.92. The van der Waals surface area contributed by atoms with E-state index >= 15 is 0 Å². The Morgan fingerprint density at radius 2 is 2.06 bits per heavy atom. The summed E-state index contributed by atoms with van der Waals surface area (Å²) < 4.78 is 24.1. The lowest BCUT2D eigenvalue weighted by Crippen LogP contribution is -1.98. The van der Waals surface area contributed by atoms with Gasteiger partial charge in [0.1, 0.15) is 4.90 Å². The first-order valence-corrected chi connectivity index (χ1v) is 7.10. The molecule has 0 bridgehead atoms. The second-order valence-corrected chi connectivity index (χ2v) is 6.15. The third-order valence-corrected chi connectivity index (χ3v) is 3.76. The van der Waals surface area contributed by atoms with E-state index in [2.05, 4.69) is 10.1 Å². The van der Waals surface area contributed by atoms with E-state index in [9.17, 15) is 8.42 Å². The predicted molar refractivity (Wildman–Crippen MR) is 64.2 cm³/mol. The number of hydrogen-bond donors (Lipinski definition) is 0. The fraction of sp³-hybridized carbons (Fsp3) is 0.200. The van der Waals surface area contributed by atoms with Crippen LogP contribution in [0.3, 0.4) is 0 Å². The quantitative estimate of drug-likeness (QED) is 0.780. The molecule has 0 aliphatic heterocycles. The van der Waals surface area contributed by atoms with Crippen LogP contribution in [0.1, 0.15) is 5.69 Å². The largest absolute Gasteiger partial charge is 0.275 e. The van der Waals surface area contributed by atoms with Crippen LogP contribution in [0.5, 0.6) is 0 Å². The summed E-state index contributed by atoms with van der Waals surface area (Å²) in [4.78, 5) is 4.24. The molecular formula is C10H10ClN3O2S. The van der Waals surface area contributed by atoms with Crippen LogP contribution >= 0.6 is 10.7 Å². The van der Waals surface area contributed by atoms with Crippen molar-refractivity contribution in [1.82, 2.24) is 14.8 Å². The van der Waals surface area contributed by atoms with Crippen molar-refractivity contribution < 1.29 is 8.42 Å². The number of aromatic nitrogens is 3. The van der Waals surface area contributed by atoms with Gasteiger partial charge in [0.15, 0.2) is 0 Å². The van der Waals surface area contributed by atoms with E-state index in [4.69, 9.17) is 10.7 Å². The first-order valence-electron chi connectivity index (χ1n) is 4.79. The smallest absolute Gasteiger partial charge is 0.263 e. The summed E-state index contributed by atoms with van der Waals surface area (Å²) in [6.45, 7) is 1.61. The highest BCUT2D eigenvalue weighted by Crippen LogP contribution is 2.22. The van der Waals surface area contributed by atoms with Crippen molar-refractivity contribution in [2.45, 2.75) is 11.8 Å². The minimum atomic E-state index is -3.74. The Morgan fingerprint density at radius 3 is 2.53 bits per heavy atom. The molecule has 2 rings (SSSR count). The zero-order valence-corrected chi connectivity index (χ0v) is 10.8. The second-order valence-electron chi connectivity index (χ2n) is 3.62. The van der Waals surface area contributed by atoms with Crippen molar-refractivity contribution in [2.75, 3.05) is 0 Å². The molecule has 5 nitrogen and oxygen atoms in total. The van der Waals surface area contributed by atoms with E-state index in [1.807, 2.05) is 0 Å². The topological polar surface area (TPSA) is 64.8 Å². The summed E-state index contributed by atoms with van der Waals surface area (Å²) in [5.41, 5.74) is 1.87. The molecule has 0 aromatic carbocycles. The molecule has 0 N–H and O–H groups in total. The second kappa shape index (κ2) is 4.12. The van der Waals surface area contributed by atoms with Crippen molar-refractivity contribution in [1.29, 1.82) is 0 Å². The summed E-state index contributed by atoms with van der Waals surface area (Å²) >= 11 is 0. The normalized spacial score (nSPS) is 11.7. The van der Waals surface area contributed by atoms with Crippen LogP contribution in [0, 0.1) is 6.92 Å². The molecule has 2 aromatic heterocycles. The maximum absolute atomic E-state index is 11.2. The number of halogens is 1. The molecule has 0 atom stereocenters. The van der Waals surface area contributed by atoms with Gasteiger partial charge in [0.25, 0.3) is 9.05 Å². The summed E-state index contributed by atoms with van der Waals surface area (Å²) in [6, 6.07) is 3.06. The Hall–Kier alpha value is -1.40. The van der Waals surface area contributed by atoms with Crippen molar-refractivity contribution in [3.05, 3.63) is 30.2 Å². The Bertz CT molecular complexity index is 664. The maximum atomic E-state index is 11.2. The third kappa shape index (κ3) is 2.48. The van der Waals surface area contributed by atoms with Crippen molar-refractivity contribution in [2.24, 2.45) is 7.05 Å². The van der Waals surface area contributed by atoms with Gasteiger partial charge < -0.3 is 0 Å². The molecule has 0 aliphatic rings. The molecule has 17 heavy (non-hydrogen) atoms. The van der Waals surface area contributed by atoms with Crippen molar-refractivity contribution >= 4 is 19.7 Å². The fourth-order valence-corrected chi connectivity index (χ4v) is 2.64. The van der Waals surface area contributed by atoms with E-state index in [0.717, 1.165) is 5.56 Å². The molecule has 0 radical (unpaired) electrons. The van der Waals surface area contributed by atoms with Crippen LogP contribution in [-0.2, 0) is 16.1 Å². The highest BCUT2D eigenvalue weighted by Gasteiger charge is 2.15. The van der Waals surface area contributed by atoms with Gasteiger partial charge in [-0.1, -0.05) is 0 Å². The lowest BCUT2D eigenvalue weighted by Gasteiger charge is -2.03. The van der Waals surface area contributed by atoms with Crippen LogP contribution in [0.4, 0.5) is 0 Å². The first-order chi connectivity index (χ1) is 7.88. The van der Waals surface area contributed by atoms with Gasteiger partial charge in [-0.05, 0) is 19.1 Å². The molecule has 7 heteroatoms. The zero-order chi connectivity index (χ0) is 12.6. The maximum Gasteiger partial charge on any atom is 0.263 e. The van der Waals surface area contributed by atoms with Crippen LogP contribution in [0.15, 0.2) is 29.4 Å². The van der Waals surface area contributed by atoms with Crippen LogP contribution in [0.25, 0.3) is 11.3 Å². The van der Waals surface area contributed by atoms with Gasteiger partial charge in [-0.2, -0.15) is 5.10 Å². The third-order valence-electron chi connectivity index (χ3n) is 2.30. The molecule has 0 aliphatic carbocycles. The average molecular weight is 272 g/mol. The van der Waals surface area contributed by atoms with E-state index in [1.54, 1.807) is 37.1 Å². The van der Waals surface area contributed by atoms with Crippen LogP contribution in [-0.4, -0.2) is 23.2 Å². The van der Waals surface area contributed by atoms with Crippen molar-refractivity contribution in [3.8, 4) is 11.3 Å². The number of aryl methyl sites for hydroxylation is 2. The molecule has 0 saturated carbocycles. The highest BCUT2D eigenvalue weighted by molar-refractivity contribution is 8.13. The summed E-state index contributed by atoms with van der Waals surface area (Å²) in [7, 11) is 3.34.